The number of nitrogens with zero attached hydrogens (tertiary/aromatic N) is 3. The Bertz CT molecular complexity index is 512. The molecule has 0 aliphatic carbocycles. The molecule has 25 heavy (non-hydrogen) atoms. The third-order valence-electron chi connectivity index (χ3n) is 6.65. The maximum Gasteiger partial charge on any atom is 0.219 e. The SMILES string of the molecule is CCNC(=NCC1CCN(C(C)=O)CC1)N1CC2C3CCC(O3)C2C1. The van der Waals surface area contributed by atoms with Crippen LogP contribution < -0.4 is 5.32 Å². The average Bonchev–Trinajstić information content (AvgIpc) is 3.31. The summed E-state index contributed by atoms with van der Waals surface area (Å²) in [6.45, 7) is 9.58. The zero-order chi connectivity index (χ0) is 17.4. The number of guanidine groups is 1. The number of nitrogens with one attached hydrogen (secondary N) is 1. The van der Waals surface area contributed by atoms with Crippen molar-refractivity contribution in [1.29, 1.82) is 0 Å². The Balaban J connectivity index is 1.34. The molecule has 0 saturated carbocycles. The summed E-state index contributed by atoms with van der Waals surface area (Å²) >= 11 is 0. The van der Waals surface area contributed by atoms with Gasteiger partial charge >= 0.3 is 0 Å². The number of rotatable bonds is 3. The molecule has 4 aliphatic heterocycles. The summed E-state index contributed by atoms with van der Waals surface area (Å²) in [5, 5.41) is 3.50. The molecular formula is C19H32N4O2. The molecule has 4 rings (SSSR count). The van der Waals surface area contributed by atoms with Crippen molar-refractivity contribution < 1.29 is 9.53 Å². The minimum atomic E-state index is 0.204. The van der Waals surface area contributed by atoms with Gasteiger partial charge in [-0.3, -0.25) is 9.79 Å². The van der Waals surface area contributed by atoms with Gasteiger partial charge in [0, 0.05) is 58.0 Å². The van der Waals surface area contributed by atoms with E-state index in [9.17, 15) is 4.79 Å². The first-order chi connectivity index (χ1) is 12.2. The van der Waals surface area contributed by atoms with Gasteiger partial charge in [-0.25, -0.2) is 0 Å². The lowest BCUT2D eigenvalue weighted by molar-refractivity contribution is -0.130. The van der Waals surface area contributed by atoms with Gasteiger partial charge in [0.2, 0.25) is 5.91 Å². The summed E-state index contributed by atoms with van der Waals surface area (Å²) in [6.07, 6.45) is 5.65. The van der Waals surface area contributed by atoms with E-state index in [1.165, 1.54) is 12.8 Å². The lowest BCUT2D eigenvalue weighted by atomic mass is 9.82. The smallest absolute Gasteiger partial charge is 0.219 e. The fraction of sp³-hybridized carbons (Fsp3) is 0.895. The number of likely N-dealkylation sites (tertiary alicyclic amines) is 2. The number of fused-ring (bicyclic) bond motifs is 5. The van der Waals surface area contributed by atoms with Crippen LogP contribution in [0.5, 0.6) is 0 Å². The van der Waals surface area contributed by atoms with Gasteiger partial charge in [-0.15, -0.1) is 0 Å². The third kappa shape index (κ3) is 3.37. The quantitative estimate of drug-likeness (QED) is 0.617. The van der Waals surface area contributed by atoms with E-state index in [0.29, 0.717) is 30.0 Å². The molecule has 6 nitrogen and oxygen atoms in total. The first kappa shape index (κ1) is 17.1. The van der Waals surface area contributed by atoms with Crippen molar-refractivity contribution >= 4 is 11.9 Å². The van der Waals surface area contributed by atoms with Crippen LogP contribution in [0.2, 0.25) is 0 Å². The molecule has 4 saturated heterocycles. The second-order valence-electron chi connectivity index (χ2n) is 8.17. The normalized spacial score (nSPS) is 35.4. The molecule has 2 bridgehead atoms. The largest absolute Gasteiger partial charge is 0.374 e. The zero-order valence-corrected chi connectivity index (χ0v) is 15.6. The van der Waals surface area contributed by atoms with Crippen molar-refractivity contribution in [1.82, 2.24) is 15.1 Å². The molecular weight excluding hydrogens is 316 g/mol. The first-order valence-electron chi connectivity index (χ1n) is 10.1. The van der Waals surface area contributed by atoms with E-state index in [2.05, 4.69) is 17.1 Å². The van der Waals surface area contributed by atoms with Crippen molar-refractivity contribution in [2.24, 2.45) is 22.7 Å². The fourth-order valence-corrected chi connectivity index (χ4v) is 5.20. The molecule has 1 N–H and O–H groups in total. The van der Waals surface area contributed by atoms with Gasteiger partial charge in [0.1, 0.15) is 0 Å². The van der Waals surface area contributed by atoms with E-state index in [4.69, 9.17) is 9.73 Å². The van der Waals surface area contributed by atoms with Crippen LogP contribution in [0.1, 0.15) is 39.5 Å². The van der Waals surface area contributed by atoms with Crippen molar-refractivity contribution in [2.45, 2.75) is 51.7 Å². The Morgan fingerprint density at radius 2 is 1.72 bits per heavy atom. The lowest BCUT2D eigenvalue weighted by Gasteiger charge is -2.31. The van der Waals surface area contributed by atoms with E-state index in [-0.39, 0.29) is 5.91 Å². The minimum absolute atomic E-state index is 0.204. The zero-order valence-electron chi connectivity index (χ0n) is 15.6. The van der Waals surface area contributed by atoms with Gasteiger partial charge in [-0.05, 0) is 38.5 Å². The second-order valence-corrected chi connectivity index (χ2v) is 8.17. The number of hydrogen-bond acceptors (Lipinski definition) is 3. The van der Waals surface area contributed by atoms with Crippen LogP contribution in [0, 0.1) is 17.8 Å². The molecule has 4 aliphatic rings. The molecule has 4 unspecified atom stereocenters. The number of piperidine rings is 1. The summed E-state index contributed by atoms with van der Waals surface area (Å²) < 4.78 is 6.09. The van der Waals surface area contributed by atoms with E-state index in [1.807, 2.05) is 4.90 Å². The Morgan fingerprint density at radius 3 is 2.28 bits per heavy atom. The predicted octanol–water partition coefficient (Wildman–Crippen LogP) is 1.32. The minimum Gasteiger partial charge on any atom is -0.374 e. The molecule has 4 atom stereocenters. The van der Waals surface area contributed by atoms with Crippen molar-refractivity contribution in [3.63, 3.8) is 0 Å². The molecule has 6 heteroatoms. The Hall–Kier alpha value is -1.30. The highest BCUT2D eigenvalue weighted by molar-refractivity contribution is 5.80. The number of aliphatic imine (C=N–C) groups is 1. The number of carbonyl (C=O) groups excluding carboxylic acids is 1. The van der Waals surface area contributed by atoms with Gasteiger partial charge < -0.3 is 19.9 Å². The molecule has 0 spiro atoms. The van der Waals surface area contributed by atoms with Crippen LogP contribution in [0.4, 0.5) is 0 Å². The predicted molar refractivity (Wildman–Crippen MR) is 97.4 cm³/mol. The molecule has 0 radical (unpaired) electrons. The number of ether oxygens (including phenoxy) is 1. The number of hydrogen-bond donors (Lipinski definition) is 1. The van der Waals surface area contributed by atoms with E-state index < -0.39 is 0 Å². The van der Waals surface area contributed by atoms with Gasteiger partial charge in [0.05, 0.1) is 12.2 Å². The molecule has 0 aromatic heterocycles. The van der Waals surface area contributed by atoms with Crippen LogP contribution in [-0.4, -0.2) is 73.1 Å². The molecule has 4 fully saturated rings. The van der Waals surface area contributed by atoms with E-state index in [1.54, 1.807) is 6.92 Å². The van der Waals surface area contributed by atoms with Crippen molar-refractivity contribution in [2.75, 3.05) is 39.3 Å². The average molecular weight is 348 g/mol. The Morgan fingerprint density at radius 1 is 1.08 bits per heavy atom. The van der Waals surface area contributed by atoms with Gasteiger partial charge in [0.15, 0.2) is 5.96 Å². The van der Waals surface area contributed by atoms with E-state index in [0.717, 1.165) is 58.1 Å². The molecule has 0 aromatic carbocycles. The molecule has 0 aromatic rings. The summed E-state index contributed by atoms with van der Waals surface area (Å²) in [7, 11) is 0. The van der Waals surface area contributed by atoms with E-state index >= 15 is 0 Å². The van der Waals surface area contributed by atoms with Crippen LogP contribution >= 0.6 is 0 Å². The van der Waals surface area contributed by atoms with Gasteiger partial charge in [0.25, 0.3) is 0 Å². The topological polar surface area (TPSA) is 57.2 Å². The highest BCUT2D eigenvalue weighted by atomic mass is 16.5. The molecule has 4 heterocycles. The Kier molecular flexibility index (Phi) is 4.89. The number of carbonyl (C=O) groups is 1. The highest BCUT2D eigenvalue weighted by Gasteiger charge is 2.53. The summed E-state index contributed by atoms with van der Waals surface area (Å²) in [4.78, 5) is 20.9. The number of amides is 1. The second kappa shape index (κ2) is 7.14. The van der Waals surface area contributed by atoms with Crippen LogP contribution in [0.25, 0.3) is 0 Å². The molecule has 1 amide bonds. The third-order valence-corrected chi connectivity index (χ3v) is 6.65. The summed E-state index contributed by atoms with van der Waals surface area (Å²) in [6, 6.07) is 0. The maximum absolute atomic E-state index is 11.5. The molecule has 140 valence electrons. The van der Waals surface area contributed by atoms with Crippen LogP contribution in [0.15, 0.2) is 4.99 Å². The monoisotopic (exact) mass is 348 g/mol. The standard InChI is InChI=1S/C19H32N4O2/c1-3-20-19(21-10-14-6-8-22(9-7-14)13(2)24)23-11-15-16(12-23)18-5-4-17(15)25-18/h14-18H,3-12H2,1-2H3,(H,20,21). The van der Waals surface area contributed by atoms with Gasteiger partial charge in [-0.2, -0.15) is 0 Å². The Labute approximate surface area is 151 Å². The summed E-state index contributed by atoms with van der Waals surface area (Å²) in [5.74, 6) is 3.31. The first-order valence-corrected chi connectivity index (χ1v) is 10.1. The van der Waals surface area contributed by atoms with Crippen LogP contribution in [-0.2, 0) is 9.53 Å². The summed E-state index contributed by atoms with van der Waals surface area (Å²) in [5.41, 5.74) is 0. The lowest BCUT2D eigenvalue weighted by Crippen LogP contribution is -2.42. The maximum atomic E-state index is 11.5. The van der Waals surface area contributed by atoms with Crippen molar-refractivity contribution in [3.05, 3.63) is 0 Å². The van der Waals surface area contributed by atoms with Gasteiger partial charge in [-0.1, -0.05) is 0 Å². The fourth-order valence-electron chi connectivity index (χ4n) is 5.20. The van der Waals surface area contributed by atoms with Crippen molar-refractivity contribution in [3.8, 4) is 0 Å². The van der Waals surface area contributed by atoms with Crippen LogP contribution in [0.3, 0.4) is 0 Å². The highest BCUT2D eigenvalue weighted by Crippen LogP contribution is 2.47.